The number of benzene rings is 2. The maximum atomic E-state index is 12.0. The molecular weight excluding hydrogens is 394 g/mol. The van der Waals surface area contributed by atoms with Crippen molar-refractivity contribution in [2.24, 2.45) is 0 Å². The van der Waals surface area contributed by atoms with Gasteiger partial charge in [0.2, 0.25) is 0 Å². The van der Waals surface area contributed by atoms with E-state index in [4.69, 9.17) is 9.40 Å². The van der Waals surface area contributed by atoms with Crippen molar-refractivity contribution in [3.8, 4) is 11.3 Å². The number of aryl methyl sites for hydroxylation is 1. The van der Waals surface area contributed by atoms with Gasteiger partial charge >= 0.3 is 0 Å². The van der Waals surface area contributed by atoms with Gasteiger partial charge in [-0.25, -0.2) is 13.5 Å². The lowest BCUT2D eigenvalue weighted by atomic mass is 10.1. The number of hydrogen-bond acceptors (Lipinski definition) is 4. The molecule has 0 aliphatic rings. The van der Waals surface area contributed by atoms with Crippen molar-refractivity contribution in [1.82, 2.24) is 9.29 Å². The second-order valence-electron chi connectivity index (χ2n) is 7.31. The molecule has 0 bridgehead atoms. The molecule has 2 aromatic heterocycles. The fourth-order valence-electron chi connectivity index (χ4n) is 3.27. The molecule has 1 atom stereocenters. The first-order valence-electron chi connectivity index (χ1n) is 9.93. The van der Waals surface area contributed by atoms with Crippen molar-refractivity contribution in [2.45, 2.75) is 19.1 Å². The third-order valence-corrected chi connectivity index (χ3v) is 6.37. The van der Waals surface area contributed by atoms with E-state index in [0.717, 1.165) is 51.3 Å². The van der Waals surface area contributed by atoms with Crippen LogP contribution in [0.3, 0.4) is 0 Å². The summed E-state index contributed by atoms with van der Waals surface area (Å²) in [4.78, 5) is 4.87. The molecule has 1 N–H and O–H groups in total. The Morgan fingerprint density at radius 1 is 1.07 bits per heavy atom. The maximum absolute atomic E-state index is 12.0. The van der Waals surface area contributed by atoms with Gasteiger partial charge in [0.1, 0.15) is 5.52 Å². The Bertz CT molecular complexity index is 1170. The summed E-state index contributed by atoms with van der Waals surface area (Å²) in [5, 5.41) is 3.48. The third-order valence-electron chi connectivity index (χ3n) is 4.98. The van der Waals surface area contributed by atoms with Crippen LogP contribution in [0.4, 0.5) is 11.4 Å². The smallest absolute Gasteiger partial charge is 0.176 e. The summed E-state index contributed by atoms with van der Waals surface area (Å²) in [6, 6.07) is 20.2. The second kappa shape index (κ2) is 8.81. The molecule has 154 valence electrons. The van der Waals surface area contributed by atoms with Crippen LogP contribution in [0.2, 0.25) is 0 Å². The molecule has 2 heterocycles. The van der Waals surface area contributed by atoms with Crippen LogP contribution in [0.5, 0.6) is 0 Å². The average Bonchev–Trinajstić information content (AvgIpc) is 3.19. The van der Waals surface area contributed by atoms with Gasteiger partial charge in [-0.1, -0.05) is 49.4 Å². The van der Waals surface area contributed by atoms with E-state index >= 15 is 0 Å². The lowest BCUT2D eigenvalue weighted by molar-refractivity contribution is 0.602. The standard InChI is InChI=1S/C24H25N3O2S/c1-4-18-15-29-24-22(14-21(26-23(18)24)19-8-6-5-7-9-19)25-20-12-10-17(11-13-20)16-30(28)27(2)3/h5-15H,4,16H2,1-3H3,(H,25,26). The van der Waals surface area contributed by atoms with E-state index in [0.29, 0.717) is 5.75 Å². The van der Waals surface area contributed by atoms with Crippen LogP contribution < -0.4 is 5.32 Å². The molecule has 6 heteroatoms. The molecule has 0 radical (unpaired) electrons. The Balaban J connectivity index is 1.68. The Hall–Kier alpha value is -2.96. The van der Waals surface area contributed by atoms with Crippen LogP contribution in [0.1, 0.15) is 18.1 Å². The number of pyridine rings is 1. The molecule has 30 heavy (non-hydrogen) atoms. The number of fused-ring (bicyclic) bond motifs is 1. The number of aromatic nitrogens is 1. The van der Waals surface area contributed by atoms with Gasteiger partial charge in [-0.15, -0.1) is 0 Å². The van der Waals surface area contributed by atoms with E-state index in [9.17, 15) is 4.21 Å². The Kier molecular flexibility index (Phi) is 5.97. The highest BCUT2D eigenvalue weighted by molar-refractivity contribution is 7.81. The summed E-state index contributed by atoms with van der Waals surface area (Å²) >= 11 is 0. The topological polar surface area (TPSA) is 58.4 Å². The molecule has 0 saturated carbocycles. The zero-order valence-corrected chi connectivity index (χ0v) is 18.2. The highest BCUT2D eigenvalue weighted by Crippen LogP contribution is 2.33. The molecule has 2 aromatic carbocycles. The first-order valence-corrected chi connectivity index (χ1v) is 11.2. The van der Waals surface area contributed by atoms with E-state index in [-0.39, 0.29) is 0 Å². The highest BCUT2D eigenvalue weighted by Gasteiger charge is 2.14. The molecule has 0 amide bonds. The summed E-state index contributed by atoms with van der Waals surface area (Å²) in [6.45, 7) is 2.10. The number of hydrogen-bond donors (Lipinski definition) is 1. The number of furan rings is 1. The predicted molar refractivity (Wildman–Crippen MR) is 124 cm³/mol. The first-order chi connectivity index (χ1) is 14.5. The largest absolute Gasteiger partial charge is 0.460 e. The van der Waals surface area contributed by atoms with Gasteiger partial charge in [0, 0.05) is 16.8 Å². The van der Waals surface area contributed by atoms with Crippen LogP contribution in [0.25, 0.3) is 22.4 Å². The zero-order valence-electron chi connectivity index (χ0n) is 17.4. The van der Waals surface area contributed by atoms with Crippen LogP contribution in [0.15, 0.2) is 71.3 Å². The number of nitrogens with zero attached hydrogens (tertiary/aromatic N) is 2. The van der Waals surface area contributed by atoms with Gasteiger partial charge < -0.3 is 9.73 Å². The zero-order chi connectivity index (χ0) is 21.1. The number of anilines is 2. The Morgan fingerprint density at radius 2 is 1.80 bits per heavy atom. The van der Waals surface area contributed by atoms with Crippen molar-refractivity contribution < 1.29 is 8.63 Å². The molecule has 0 spiro atoms. The van der Waals surface area contributed by atoms with Crippen LogP contribution in [-0.2, 0) is 23.2 Å². The first kappa shape index (κ1) is 20.3. The molecule has 4 rings (SSSR count). The summed E-state index contributed by atoms with van der Waals surface area (Å²) in [7, 11) is 2.62. The van der Waals surface area contributed by atoms with Gasteiger partial charge in [0.05, 0.1) is 34.4 Å². The predicted octanol–water partition coefficient (Wildman–Crippen LogP) is 5.53. The second-order valence-corrected chi connectivity index (χ2v) is 8.98. The molecule has 4 aromatic rings. The summed E-state index contributed by atoms with van der Waals surface area (Å²) < 4.78 is 19.6. The summed E-state index contributed by atoms with van der Waals surface area (Å²) in [5.41, 5.74) is 7.55. The van der Waals surface area contributed by atoms with E-state index < -0.39 is 11.0 Å². The highest BCUT2D eigenvalue weighted by atomic mass is 32.2. The van der Waals surface area contributed by atoms with Gasteiger partial charge in [0.15, 0.2) is 5.58 Å². The van der Waals surface area contributed by atoms with Crippen LogP contribution in [-0.4, -0.2) is 27.6 Å². The van der Waals surface area contributed by atoms with Crippen LogP contribution >= 0.6 is 0 Å². The third kappa shape index (κ3) is 4.30. The minimum absolute atomic E-state index is 0.503. The van der Waals surface area contributed by atoms with E-state index in [1.165, 1.54) is 0 Å². The SMILES string of the molecule is CCc1coc2c(Nc3ccc(CS(=O)N(C)C)cc3)cc(-c3ccccc3)nc12. The fourth-order valence-corrected chi connectivity index (χ4v) is 4.00. The van der Waals surface area contributed by atoms with E-state index in [1.54, 1.807) is 10.6 Å². The Morgan fingerprint density at radius 3 is 2.47 bits per heavy atom. The molecular formula is C24H25N3O2S. The fraction of sp³-hybridized carbons (Fsp3) is 0.208. The quantitative estimate of drug-likeness (QED) is 0.428. The summed E-state index contributed by atoms with van der Waals surface area (Å²) in [5.74, 6) is 0.503. The monoisotopic (exact) mass is 419 g/mol. The van der Waals surface area contributed by atoms with Crippen molar-refractivity contribution in [3.05, 3.63) is 78.1 Å². The maximum Gasteiger partial charge on any atom is 0.176 e. The number of rotatable bonds is 7. The van der Waals surface area contributed by atoms with Gasteiger partial charge in [-0.3, -0.25) is 0 Å². The minimum Gasteiger partial charge on any atom is -0.460 e. The van der Waals surface area contributed by atoms with E-state index in [1.807, 2.05) is 62.6 Å². The molecule has 0 saturated heterocycles. The van der Waals surface area contributed by atoms with Crippen molar-refractivity contribution in [1.29, 1.82) is 0 Å². The molecule has 1 unspecified atom stereocenters. The molecule has 0 fully saturated rings. The normalized spacial score (nSPS) is 12.4. The number of nitrogens with one attached hydrogen (secondary N) is 1. The molecule has 5 nitrogen and oxygen atoms in total. The Labute approximate surface area is 179 Å². The van der Waals surface area contributed by atoms with Crippen molar-refractivity contribution in [2.75, 3.05) is 19.4 Å². The van der Waals surface area contributed by atoms with E-state index in [2.05, 4.69) is 24.4 Å². The lowest BCUT2D eigenvalue weighted by Gasteiger charge is -2.12. The molecule has 0 aliphatic carbocycles. The summed E-state index contributed by atoms with van der Waals surface area (Å²) in [6.07, 6.45) is 2.65. The van der Waals surface area contributed by atoms with Gasteiger partial charge in [-0.05, 0) is 44.3 Å². The van der Waals surface area contributed by atoms with Crippen molar-refractivity contribution >= 4 is 33.5 Å². The minimum atomic E-state index is -1.02. The van der Waals surface area contributed by atoms with Gasteiger partial charge in [0.25, 0.3) is 0 Å². The van der Waals surface area contributed by atoms with Crippen molar-refractivity contribution in [3.63, 3.8) is 0 Å². The van der Waals surface area contributed by atoms with Crippen LogP contribution in [0, 0.1) is 0 Å². The average molecular weight is 420 g/mol. The lowest BCUT2D eigenvalue weighted by Crippen LogP contribution is -2.16. The molecule has 0 aliphatic heterocycles. The van der Waals surface area contributed by atoms with Gasteiger partial charge in [-0.2, -0.15) is 0 Å².